The highest BCUT2D eigenvalue weighted by Gasteiger charge is 2.62. The highest BCUT2D eigenvalue weighted by Crippen LogP contribution is 2.54. The van der Waals surface area contributed by atoms with Gasteiger partial charge in [-0.2, -0.15) is 4.39 Å². The van der Waals surface area contributed by atoms with Gasteiger partial charge in [-0.15, -0.1) is 0 Å². The fraction of sp³-hybridized carbons (Fsp3) is 0.523. The minimum atomic E-state index is -2.06. The lowest BCUT2D eigenvalue weighted by Gasteiger charge is -2.59. The van der Waals surface area contributed by atoms with Crippen molar-refractivity contribution in [2.45, 2.75) is 92.9 Å². The van der Waals surface area contributed by atoms with Crippen molar-refractivity contribution in [3.8, 4) is 5.75 Å². The smallest absolute Gasteiger partial charge is 0.411 e. The molecule has 356 valence electrons. The molecule has 21 heteroatoms. The molecule has 0 radical (unpaired) electrons. The van der Waals surface area contributed by atoms with Crippen molar-refractivity contribution in [1.82, 2.24) is 20.1 Å². The Morgan fingerprint density at radius 2 is 1.52 bits per heavy atom. The molecule has 3 aromatic rings. The summed E-state index contributed by atoms with van der Waals surface area (Å²) in [6.07, 6.45) is 0.578. The molecule has 4 atom stereocenters. The standard InChI is InChI=1S/C44H51Cl3F4N4O10/c1-42(2,44(45,46)47)65-41(58)54-31-23-32(28-12-10-27(11-13-28)7-6-18-62-38-35(50)17-16-34(49)37(38)51)43(3,39(56)53(30-14-15-30)24-29-8-4-5-9-33(29)48)36(54)26-52(25-31)40(57)63-21-19-61-20-22-64-55(59)60/h4-5,8-13,16-17,30-32,36,59-60H,6-7,14-15,18-26H2,1-3H3. The number of halogens is 7. The molecule has 1 aliphatic carbocycles. The second kappa shape index (κ2) is 21.2. The molecular weight excluding hydrogens is 927 g/mol. The Bertz CT molecular complexity index is 2150. The number of carbonyl (C=O) groups is 3. The van der Waals surface area contributed by atoms with Gasteiger partial charge in [0.25, 0.3) is 0 Å². The molecule has 3 aliphatic rings. The number of carbonyl (C=O) groups excluding carboxylic acids is 3. The quantitative estimate of drug-likeness (QED) is 0.0414. The topological polar surface area (TPSA) is 151 Å². The molecule has 2 saturated heterocycles. The van der Waals surface area contributed by atoms with E-state index in [0.29, 0.717) is 37.3 Å². The third kappa shape index (κ3) is 11.9. The molecule has 65 heavy (non-hydrogen) atoms. The number of ether oxygens (including phenoxy) is 4. The Labute approximate surface area is 388 Å². The van der Waals surface area contributed by atoms with Crippen molar-refractivity contribution in [2.75, 3.05) is 46.1 Å². The molecule has 2 aliphatic heterocycles. The summed E-state index contributed by atoms with van der Waals surface area (Å²) < 4.78 is 77.2. The van der Waals surface area contributed by atoms with Crippen molar-refractivity contribution in [3.63, 3.8) is 0 Å². The fourth-order valence-corrected chi connectivity index (χ4v) is 8.47. The molecule has 3 fully saturated rings. The molecule has 2 N–H and O–H groups in total. The lowest BCUT2D eigenvalue weighted by atomic mass is 9.60. The summed E-state index contributed by atoms with van der Waals surface area (Å²) in [7, 11) is 0. The second-order valence-electron chi connectivity index (χ2n) is 16.9. The summed E-state index contributed by atoms with van der Waals surface area (Å²) in [4.78, 5) is 52.8. The monoisotopic (exact) mass is 976 g/mol. The van der Waals surface area contributed by atoms with Crippen LogP contribution in [-0.2, 0) is 36.8 Å². The molecule has 14 nitrogen and oxygen atoms in total. The average molecular weight is 978 g/mol. The zero-order valence-electron chi connectivity index (χ0n) is 35.9. The van der Waals surface area contributed by atoms with E-state index < -0.39 is 79.4 Å². The van der Waals surface area contributed by atoms with Crippen LogP contribution in [0.5, 0.6) is 5.75 Å². The zero-order valence-corrected chi connectivity index (χ0v) is 38.1. The van der Waals surface area contributed by atoms with Gasteiger partial charge in [-0.3, -0.25) is 20.1 Å². The molecule has 2 bridgehead atoms. The van der Waals surface area contributed by atoms with Gasteiger partial charge in [-0.1, -0.05) is 77.3 Å². The highest BCUT2D eigenvalue weighted by atomic mass is 35.6. The summed E-state index contributed by atoms with van der Waals surface area (Å²) in [5, 5.41) is 16.9. The van der Waals surface area contributed by atoms with Gasteiger partial charge in [0.1, 0.15) is 12.4 Å². The second-order valence-corrected chi connectivity index (χ2v) is 19.1. The Morgan fingerprint density at radius 3 is 2.18 bits per heavy atom. The number of benzene rings is 3. The molecule has 2 heterocycles. The first-order chi connectivity index (χ1) is 30.7. The van der Waals surface area contributed by atoms with E-state index in [1.807, 2.05) is 24.3 Å². The van der Waals surface area contributed by atoms with Crippen LogP contribution < -0.4 is 4.74 Å². The van der Waals surface area contributed by atoms with E-state index in [4.69, 9.17) is 64.2 Å². The number of hydrogen-bond acceptors (Lipinski definition) is 11. The third-order valence-corrected chi connectivity index (χ3v) is 13.5. The Balaban J connectivity index is 1.31. The third-order valence-electron chi connectivity index (χ3n) is 12.1. The van der Waals surface area contributed by atoms with Gasteiger partial charge in [0.2, 0.25) is 15.5 Å². The van der Waals surface area contributed by atoms with Crippen molar-refractivity contribution >= 4 is 52.9 Å². The Kier molecular flexibility index (Phi) is 16.4. The zero-order chi connectivity index (χ0) is 47.3. The molecule has 0 aromatic heterocycles. The average Bonchev–Trinajstić information content (AvgIpc) is 4.10. The number of alkyl halides is 3. The first kappa shape index (κ1) is 50.3. The minimum absolute atomic E-state index is 0.0386. The van der Waals surface area contributed by atoms with Crippen LogP contribution in [0.3, 0.4) is 0 Å². The van der Waals surface area contributed by atoms with Gasteiger partial charge in [0.05, 0.1) is 49.3 Å². The SMILES string of the molecule is CC1(C(=O)N(Cc2ccccc2F)C2CC2)C(c2ccc(CCCOc3c(F)ccc(F)c3F)cc2)CC2CN(C(=O)OCCOCCON(O)O)CC1N2C(=O)OC(C)(C)C(Cl)(Cl)Cl. The molecule has 4 unspecified atom stereocenters. The van der Waals surface area contributed by atoms with Crippen molar-refractivity contribution in [3.05, 3.63) is 101 Å². The molecule has 6 rings (SSSR count). The lowest BCUT2D eigenvalue weighted by Crippen LogP contribution is -2.73. The van der Waals surface area contributed by atoms with Gasteiger partial charge < -0.3 is 28.7 Å². The number of fused-ring (bicyclic) bond motifs is 2. The molecule has 3 aromatic carbocycles. The van der Waals surface area contributed by atoms with Gasteiger partial charge >= 0.3 is 12.2 Å². The van der Waals surface area contributed by atoms with Gasteiger partial charge in [-0.05, 0) is 82.2 Å². The predicted molar refractivity (Wildman–Crippen MR) is 227 cm³/mol. The van der Waals surface area contributed by atoms with Crippen LogP contribution in [0.25, 0.3) is 0 Å². The van der Waals surface area contributed by atoms with Crippen LogP contribution in [0.4, 0.5) is 27.2 Å². The minimum Gasteiger partial charge on any atom is -0.488 e. The normalized spacial score (nSPS) is 21.0. The van der Waals surface area contributed by atoms with Crippen LogP contribution in [0.15, 0.2) is 60.7 Å². The van der Waals surface area contributed by atoms with E-state index >= 15 is 9.18 Å². The van der Waals surface area contributed by atoms with Crippen molar-refractivity contribution in [1.29, 1.82) is 0 Å². The lowest BCUT2D eigenvalue weighted by molar-refractivity contribution is -0.493. The maximum Gasteiger partial charge on any atom is 0.411 e. The summed E-state index contributed by atoms with van der Waals surface area (Å²) >= 11 is 18.8. The fourth-order valence-electron chi connectivity index (χ4n) is 8.35. The largest absolute Gasteiger partial charge is 0.488 e. The maximum absolute atomic E-state index is 15.6. The van der Waals surface area contributed by atoms with Crippen LogP contribution in [0.1, 0.15) is 69.1 Å². The number of likely N-dealkylation sites (tertiary alicyclic amines) is 1. The van der Waals surface area contributed by atoms with E-state index in [-0.39, 0.29) is 71.0 Å². The Hall–Kier alpha value is -4.14. The van der Waals surface area contributed by atoms with Gasteiger partial charge in [0, 0.05) is 37.2 Å². The van der Waals surface area contributed by atoms with E-state index in [2.05, 4.69) is 4.84 Å². The summed E-state index contributed by atoms with van der Waals surface area (Å²) in [5.41, 5.74) is -1.31. The predicted octanol–water partition coefficient (Wildman–Crippen LogP) is 8.74. The number of nitrogens with zero attached hydrogens (tertiary/aromatic N) is 4. The molecular formula is C44H51Cl3F4N4O10. The van der Waals surface area contributed by atoms with Crippen molar-refractivity contribution < 1.29 is 66.1 Å². The number of amides is 3. The number of aryl methyl sites for hydroxylation is 1. The molecule has 1 saturated carbocycles. The Morgan fingerprint density at radius 1 is 0.846 bits per heavy atom. The summed E-state index contributed by atoms with van der Waals surface area (Å²) in [5.74, 6) is -5.92. The first-order valence-electron chi connectivity index (χ1n) is 21.0. The van der Waals surface area contributed by atoms with E-state index in [1.54, 1.807) is 30.0 Å². The number of piperazine rings is 1. The van der Waals surface area contributed by atoms with E-state index in [1.165, 1.54) is 29.7 Å². The van der Waals surface area contributed by atoms with E-state index in [9.17, 15) is 22.8 Å². The number of hydrogen-bond donors (Lipinski definition) is 2. The van der Waals surface area contributed by atoms with Gasteiger partial charge in [0.15, 0.2) is 23.0 Å². The van der Waals surface area contributed by atoms with Gasteiger partial charge in [-0.25, -0.2) is 27.6 Å². The van der Waals surface area contributed by atoms with E-state index in [0.717, 1.165) is 17.2 Å². The first-order valence-corrected chi connectivity index (χ1v) is 22.1. The molecule has 3 amide bonds. The van der Waals surface area contributed by atoms with Crippen LogP contribution >= 0.6 is 34.8 Å². The highest BCUT2D eigenvalue weighted by molar-refractivity contribution is 6.68. The summed E-state index contributed by atoms with van der Waals surface area (Å²) in [6.45, 7) is 3.70. The number of piperidine rings is 1. The van der Waals surface area contributed by atoms with Crippen LogP contribution in [0, 0.1) is 28.7 Å². The molecule has 0 spiro atoms. The summed E-state index contributed by atoms with van der Waals surface area (Å²) in [6, 6.07) is 13.0. The van der Waals surface area contributed by atoms with Crippen molar-refractivity contribution in [2.24, 2.45) is 5.41 Å². The van der Waals surface area contributed by atoms with Crippen LogP contribution in [0.2, 0.25) is 0 Å². The number of rotatable bonds is 18. The van der Waals surface area contributed by atoms with Crippen LogP contribution in [-0.4, -0.2) is 122 Å². The maximum atomic E-state index is 15.6.